The molecule has 2 fully saturated rings. The van der Waals surface area contributed by atoms with E-state index in [1.165, 1.54) is 0 Å². The second-order valence-electron chi connectivity index (χ2n) is 7.65. The predicted octanol–water partition coefficient (Wildman–Crippen LogP) is 2.79. The van der Waals surface area contributed by atoms with E-state index in [1.807, 2.05) is 0 Å². The molecular weight excluding hydrogens is 310 g/mol. The van der Waals surface area contributed by atoms with Gasteiger partial charge in [0.15, 0.2) is 0 Å². The Labute approximate surface area is 138 Å². The number of benzene rings is 1. The second kappa shape index (κ2) is 5.16. The molecule has 1 aromatic rings. The summed E-state index contributed by atoms with van der Waals surface area (Å²) in [5.41, 5.74) is 0.557. The molecule has 4 nitrogen and oxygen atoms in total. The number of aliphatic hydroxyl groups is 1. The Balaban J connectivity index is 1.88. The SMILES string of the molecule is C=Cc1ccc(S(=O)(=O)N[C@@H]2[C@H]3CC[C@@](C)([C@@H]2O)C3(C)C)cc1. The normalized spacial score (nSPS) is 35.4. The van der Waals surface area contributed by atoms with Gasteiger partial charge in [0, 0.05) is 5.41 Å². The average molecular weight is 335 g/mol. The van der Waals surface area contributed by atoms with E-state index in [4.69, 9.17) is 0 Å². The minimum atomic E-state index is -3.65. The Bertz CT molecular complexity index is 723. The first-order valence-corrected chi connectivity index (χ1v) is 9.55. The third kappa shape index (κ3) is 2.29. The summed E-state index contributed by atoms with van der Waals surface area (Å²) in [5.74, 6) is 0.157. The number of fused-ring (bicyclic) bond motifs is 2. The molecule has 4 atom stereocenters. The van der Waals surface area contributed by atoms with Gasteiger partial charge in [-0.1, -0.05) is 45.6 Å². The lowest BCUT2D eigenvalue weighted by Crippen LogP contribution is -2.49. The molecule has 0 heterocycles. The number of sulfonamides is 1. The summed E-state index contributed by atoms with van der Waals surface area (Å²) in [5, 5.41) is 10.7. The van der Waals surface area contributed by atoms with Crippen LogP contribution in [0, 0.1) is 16.7 Å². The topological polar surface area (TPSA) is 66.4 Å². The van der Waals surface area contributed by atoms with Crippen molar-refractivity contribution in [3.05, 3.63) is 36.4 Å². The monoisotopic (exact) mass is 335 g/mol. The molecule has 126 valence electrons. The van der Waals surface area contributed by atoms with E-state index in [0.717, 1.165) is 18.4 Å². The van der Waals surface area contributed by atoms with Crippen molar-refractivity contribution in [2.75, 3.05) is 0 Å². The fraction of sp³-hybridized carbons (Fsp3) is 0.556. The van der Waals surface area contributed by atoms with Crippen LogP contribution in [0.1, 0.15) is 39.2 Å². The van der Waals surface area contributed by atoms with Gasteiger partial charge in [-0.2, -0.15) is 0 Å². The van der Waals surface area contributed by atoms with E-state index < -0.39 is 22.2 Å². The van der Waals surface area contributed by atoms with Crippen molar-refractivity contribution in [1.82, 2.24) is 4.72 Å². The van der Waals surface area contributed by atoms with Gasteiger partial charge in [0.05, 0.1) is 17.0 Å². The van der Waals surface area contributed by atoms with Crippen LogP contribution in [0.3, 0.4) is 0 Å². The van der Waals surface area contributed by atoms with Crippen LogP contribution in [0.15, 0.2) is 35.7 Å². The van der Waals surface area contributed by atoms with E-state index in [9.17, 15) is 13.5 Å². The maximum Gasteiger partial charge on any atom is 0.240 e. The number of hydrogen-bond donors (Lipinski definition) is 2. The molecular formula is C18H25NO3S. The summed E-state index contributed by atoms with van der Waals surface area (Å²) in [7, 11) is -3.65. The Hall–Kier alpha value is -1.17. The number of aliphatic hydroxyl groups excluding tert-OH is 1. The zero-order valence-electron chi connectivity index (χ0n) is 13.9. The highest BCUT2D eigenvalue weighted by atomic mass is 32.2. The van der Waals surface area contributed by atoms with Gasteiger partial charge in [0.1, 0.15) is 0 Å². The lowest BCUT2D eigenvalue weighted by Gasteiger charge is -2.37. The second-order valence-corrected chi connectivity index (χ2v) is 9.36. The molecule has 2 aliphatic rings. The number of rotatable bonds is 4. The highest BCUT2D eigenvalue weighted by Gasteiger charge is 2.66. The van der Waals surface area contributed by atoms with E-state index >= 15 is 0 Å². The minimum absolute atomic E-state index is 0.0771. The molecule has 0 radical (unpaired) electrons. The van der Waals surface area contributed by atoms with Crippen LogP contribution >= 0.6 is 0 Å². The molecule has 5 heteroatoms. The summed E-state index contributed by atoms with van der Waals surface area (Å²) in [6, 6.07) is 6.18. The molecule has 0 spiro atoms. The Kier molecular flexibility index (Phi) is 3.74. The minimum Gasteiger partial charge on any atom is -0.391 e. The molecule has 0 amide bonds. The highest BCUT2D eigenvalue weighted by Crippen LogP contribution is 2.65. The smallest absolute Gasteiger partial charge is 0.240 e. The molecule has 2 aliphatic carbocycles. The van der Waals surface area contributed by atoms with Gasteiger partial charge in [0.25, 0.3) is 0 Å². The third-order valence-electron chi connectivity index (χ3n) is 6.52. The summed E-state index contributed by atoms with van der Waals surface area (Å²) < 4.78 is 28.1. The number of nitrogens with one attached hydrogen (secondary N) is 1. The van der Waals surface area contributed by atoms with Gasteiger partial charge in [0.2, 0.25) is 10.0 Å². The fourth-order valence-electron chi connectivity index (χ4n) is 4.51. The van der Waals surface area contributed by atoms with Crippen LogP contribution in [-0.2, 0) is 10.0 Å². The van der Waals surface area contributed by atoms with Crippen LogP contribution < -0.4 is 4.72 Å². The molecule has 23 heavy (non-hydrogen) atoms. The van der Waals surface area contributed by atoms with Crippen LogP contribution in [0.4, 0.5) is 0 Å². The summed E-state index contributed by atoms with van der Waals surface area (Å²) in [6.07, 6.45) is 2.91. The summed E-state index contributed by atoms with van der Waals surface area (Å²) in [6.45, 7) is 10.0. The van der Waals surface area contributed by atoms with Crippen molar-refractivity contribution >= 4 is 16.1 Å². The van der Waals surface area contributed by atoms with E-state index in [-0.39, 0.29) is 21.6 Å². The Morgan fingerprint density at radius 2 is 1.87 bits per heavy atom. The van der Waals surface area contributed by atoms with Gasteiger partial charge in [-0.25, -0.2) is 13.1 Å². The molecule has 3 rings (SSSR count). The first kappa shape index (κ1) is 16.7. The van der Waals surface area contributed by atoms with Gasteiger partial charge < -0.3 is 5.11 Å². The van der Waals surface area contributed by atoms with Crippen molar-refractivity contribution in [3.8, 4) is 0 Å². The standard InChI is InChI=1S/C18H25NO3S/c1-5-12-6-8-13(9-7-12)23(21,22)19-15-14-10-11-18(4,16(15)20)17(14,2)3/h5-9,14-16,19-20H,1,10-11H2,2-4H3/t14-,15-,16-,18+/m1/s1. The fourth-order valence-corrected chi connectivity index (χ4v) is 5.79. The predicted molar refractivity (Wildman–Crippen MR) is 91.3 cm³/mol. The first-order valence-electron chi connectivity index (χ1n) is 8.06. The maximum absolute atomic E-state index is 12.7. The zero-order valence-corrected chi connectivity index (χ0v) is 14.7. The molecule has 0 saturated heterocycles. The largest absolute Gasteiger partial charge is 0.391 e. The first-order chi connectivity index (χ1) is 10.6. The summed E-state index contributed by atoms with van der Waals surface area (Å²) >= 11 is 0. The van der Waals surface area contributed by atoms with Crippen molar-refractivity contribution < 1.29 is 13.5 Å². The van der Waals surface area contributed by atoms with Crippen molar-refractivity contribution in [1.29, 1.82) is 0 Å². The molecule has 2 bridgehead atoms. The van der Waals surface area contributed by atoms with Crippen LogP contribution in [0.5, 0.6) is 0 Å². The molecule has 0 aliphatic heterocycles. The van der Waals surface area contributed by atoms with Crippen LogP contribution in [0.25, 0.3) is 6.08 Å². The molecule has 0 unspecified atom stereocenters. The third-order valence-corrected chi connectivity index (χ3v) is 7.99. The number of hydrogen-bond acceptors (Lipinski definition) is 3. The molecule has 0 aromatic heterocycles. The highest BCUT2D eigenvalue weighted by molar-refractivity contribution is 7.89. The molecule has 2 N–H and O–H groups in total. The lowest BCUT2D eigenvalue weighted by atomic mass is 9.70. The Morgan fingerprint density at radius 3 is 2.35 bits per heavy atom. The van der Waals surface area contributed by atoms with Gasteiger partial charge in [-0.15, -0.1) is 0 Å². The van der Waals surface area contributed by atoms with Crippen molar-refractivity contribution in [2.45, 2.75) is 50.7 Å². The van der Waals surface area contributed by atoms with E-state index in [2.05, 4.69) is 32.1 Å². The zero-order chi connectivity index (χ0) is 17.0. The van der Waals surface area contributed by atoms with Gasteiger partial charge >= 0.3 is 0 Å². The van der Waals surface area contributed by atoms with Crippen molar-refractivity contribution in [2.24, 2.45) is 16.7 Å². The van der Waals surface area contributed by atoms with Crippen molar-refractivity contribution in [3.63, 3.8) is 0 Å². The van der Waals surface area contributed by atoms with E-state index in [0.29, 0.717) is 0 Å². The quantitative estimate of drug-likeness (QED) is 0.889. The molecule has 2 saturated carbocycles. The maximum atomic E-state index is 12.7. The lowest BCUT2D eigenvalue weighted by molar-refractivity contribution is 0.00348. The summed E-state index contributed by atoms with van der Waals surface area (Å²) in [4.78, 5) is 0.223. The Morgan fingerprint density at radius 1 is 1.26 bits per heavy atom. The molecule has 1 aromatic carbocycles. The van der Waals surface area contributed by atoms with Gasteiger partial charge in [-0.3, -0.25) is 0 Å². The average Bonchev–Trinajstić information content (AvgIpc) is 2.81. The van der Waals surface area contributed by atoms with Gasteiger partial charge in [-0.05, 0) is 41.9 Å². The van der Waals surface area contributed by atoms with Crippen LogP contribution in [0.2, 0.25) is 0 Å². The van der Waals surface area contributed by atoms with Crippen LogP contribution in [-0.4, -0.2) is 25.7 Å². The van der Waals surface area contributed by atoms with E-state index in [1.54, 1.807) is 30.3 Å².